The quantitative estimate of drug-likeness (QED) is 0.813. The van der Waals surface area contributed by atoms with Crippen molar-refractivity contribution < 1.29 is 19.4 Å². The Morgan fingerprint density at radius 1 is 1.39 bits per heavy atom. The van der Waals surface area contributed by atoms with Crippen molar-refractivity contribution in [3.63, 3.8) is 0 Å². The van der Waals surface area contributed by atoms with Gasteiger partial charge in [0.05, 0.1) is 31.3 Å². The standard InChI is InChI=1S/C13H23NO4/c1-2-13(12(15)16)3-5-14(6-4-13)9-11-10-17-7-8-18-11/h11H,2-10H2,1H3,(H,15,16). The molecule has 1 N–H and O–H groups in total. The van der Waals surface area contributed by atoms with Gasteiger partial charge in [-0.1, -0.05) is 6.92 Å². The second kappa shape index (κ2) is 5.99. The number of hydrogen-bond donors (Lipinski definition) is 1. The number of hydrogen-bond acceptors (Lipinski definition) is 4. The van der Waals surface area contributed by atoms with E-state index in [9.17, 15) is 9.90 Å². The molecule has 0 aromatic rings. The lowest BCUT2D eigenvalue weighted by Crippen LogP contribution is -2.48. The van der Waals surface area contributed by atoms with Crippen molar-refractivity contribution in [1.29, 1.82) is 0 Å². The van der Waals surface area contributed by atoms with Crippen molar-refractivity contribution in [2.45, 2.75) is 32.3 Å². The molecule has 1 atom stereocenters. The van der Waals surface area contributed by atoms with Crippen molar-refractivity contribution in [3.8, 4) is 0 Å². The third-order valence-corrected chi connectivity index (χ3v) is 4.29. The normalized spacial score (nSPS) is 29.1. The van der Waals surface area contributed by atoms with E-state index in [0.29, 0.717) is 19.8 Å². The van der Waals surface area contributed by atoms with E-state index in [-0.39, 0.29) is 6.10 Å². The molecule has 5 nitrogen and oxygen atoms in total. The molecule has 0 amide bonds. The summed E-state index contributed by atoms with van der Waals surface area (Å²) in [6.07, 6.45) is 2.36. The predicted octanol–water partition coefficient (Wildman–Crippen LogP) is 0.979. The van der Waals surface area contributed by atoms with Crippen LogP contribution in [-0.2, 0) is 14.3 Å². The highest BCUT2D eigenvalue weighted by Crippen LogP contribution is 2.35. The number of carbonyl (C=O) groups is 1. The number of likely N-dealkylation sites (tertiary alicyclic amines) is 1. The van der Waals surface area contributed by atoms with Gasteiger partial charge in [-0.25, -0.2) is 0 Å². The smallest absolute Gasteiger partial charge is 0.309 e. The molecule has 0 aromatic heterocycles. The van der Waals surface area contributed by atoms with E-state index in [1.165, 1.54) is 0 Å². The topological polar surface area (TPSA) is 59.0 Å². The van der Waals surface area contributed by atoms with Gasteiger partial charge in [0, 0.05) is 6.54 Å². The van der Waals surface area contributed by atoms with Crippen LogP contribution in [0.5, 0.6) is 0 Å². The Kier molecular flexibility index (Phi) is 4.59. The minimum atomic E-state index is -0.637. The lowest BCUT2D eigenvalue weighted by molar-refractivity contribution is -0.153. The van der Waals surface area contributed by atoms with E-state index in [0.717, 1.165) is 38.9 Å². The number of nitrogens with zero attached hydrogens (tertiary/aromatic N) is 1. The summed E-state index contributed by atoms with van der Waals surface area (Å²) in [4.78, 5) is 13.6. The molecule has 0 radical (unpaired) electrons. The Morgan fingerprint density at radius 3 is 2.61 bits per heavy atom. The van der Waals surface area contributed by atoms with Gasteiger partial charge in [-0.2, -0.15) is 0 Å². The molecule has 2 fully saturated rings. The lowest BCUT2D eigenvalue weighted by atomic mass is 9.76. The molecule has 0 aliphatic carbocycles. The second-order valence-electron chi connectivity index (χ2n) is 5.31. The summed E-state index contributed by atoms with van der Waals surface area (Å²) < 4.78 is 11.0. The minimum Gasteiger partial charge on any atom is -0.481 e. The van der Waals surface area contributed by atoms with E-state index in [1.54, 1.807) is 0 Å². The molecule has 2 saturated heterocycles. The van der Waals surface area contributed by atoms with Crippen molar-refractivity contribution >= 4 is 5.97 Å². The summed E-state index contributed by atoms with van der Waals surface area (Å²) in [6, 6.07) is 0. The van der Waals surface area contributed by atoms with Gasteiger partial charge >= 0.3 is 5.97 Å². The summed E-state index contributed by atoms with van der Waals surface area (Å²) in [5.74, 6) is -0.637. The Morgan fingerprint density at radius 2 is 2.11 bits per heavy atom. The van der Waals surface area contributed by atoms with Gasteiger partial charge in [0.1, 0.15) is 0 Å². The fourth-order valence-electron chi connectivity index (χ4n) is 2.81. The first-order valence-corrected chi connectivity index (χ1v) is 6.81. The van der Waals surface area contributed by atoms with E-state index in [4.69, 9.17) is 9.47 Å². The molecule has 0 bridgehead atoms. The van der Waals surface area contributed by atoms with E-state index >= 15 is 0 Å². The van der Waals surface area contributed by atoms with Crippen LogP contribution in [0, 0.1) is 5.41 Å². The van der Waals surface area contributed by atoms with Crippen LogP contribution in [0.1, 0.15) is 26.2 Å². The Balaban J connectivity index is 1.80. The summed E-state index contributed by atoms with van der Waals surface area (Å²) in [6.45, 7) is 6.55. The SMILES string of the molecule is CCC1(C(=O)O)CCN(CC2COCCO2)CC1. The fraction of sp³-hybridized carbons (Fsp3) is 0.923. The maximum atomic E-state index is 11.3. The van der Waals surface area contributed by atoms with E-state index in [2.05, 4.69) is 4.90 Å². The summed E-state index contributed by atoms with van der Waals surface area (Å²) in [5.41, 5.74) is -0.500. The van der Waals surface area contributed by atoms with Gasteiger partial charge in [-0.15, -0.1) is 0 Å². The van der Waals surface area contributed by atoms with Crippen LogP contribution < -0.4 is 0 Å². The zero-order chi connectivity index (χ0) is 13.0. The van der Waals surface area contributed by atoms with Crippen LogP contribution in [0.2, 0.25) is 0 Å². The highest BCUT2D eigenvalue weighted by atomic mass is 16.6. The van der Waals surface area contributed by atoms with Crippen molar-refractivity contribution in [1.82, 2.24) is 4.90 Å². The van der Waals surface area contributed by atoms with Crippen LogP contribution in [0.4, 0.5) is 0 Å². The maximum Gasteiger partial charge on any atom is 0.309 e. The summed E-state index contributed by atoms with van der Waals surface area (Å²) >= 11 is 0. The van der Waals surface area contributed by atoms with Gasteiger partial charge in [0.2, 0.25) is 0 Å². The predicted molar refractivity (Wildman–Crippen MR) is 66.6 cm³/mol. The van der Waals surface area contributed by atoms with Crippen LogP contribution in [-0.4, -0.2) is 61.5 Å². The monoisotopic (exact) mass is 257 g/mol. The lowest BCUT2D eigenvalue weighted by Gasteiger charge is -2.39. The second-order valence-corrected chi connectivity index (χ2v) is 5.31. The molecule has 1 unspecified atom stereocenters. The number of aliphatic carboxylic acids is 1. The van der Waals surface area contributed by atoms with Gasteiger partial charge in [-0.05, 0) is 32.4 Å². The van der Waals surface area contributed by atoms with Gasteiger partial charge < -0.3 is 19.5 Å². The first-order chi connectivity index (χ1) is 8.66. The van der Waals surface area contributed by atoms with Gasteiger partial charge in [0.25, 0.3) is 0 Å². The Hall–Kier alpha value is -0.650. The largest absolute Gasteiger partial charge is 0.481 e. The molecule has 2 heterocycles. The molecular formula is C13H23NO4. The average molecular weight is 257 g/mol. The zero-order valence-corrected chi connectivity index (χ0v) is 11.1. The average Bonchev–Trinajstić information content (AvgIpc) is 2.41. The molecular weight excluding hydrogens is 234 g/mol. The number of rotatable bonds is 4. The maximum absolute atomic E-state index is 11.3. The fourth-order valence-corrected chi connectivity index (χ4v) is 2.81. The third-order valence-electron chi connectivity index (χ3n) is 4.29. The Labute approximate surface area is 108 Å². The Bertz CT molecular complexity index is 281. The molecule has 104 valence electrons. The minimum absolute atomic E-state index is 0.151. The molecule has 0 spiro atoms. The highest BCUT2D eigenvalue weighted by molar-refractivity contribution is 5.74. The van der Waals surface area contributed by atoms with Gasteiger partial charge in [0.15, 0.2) is 0 Å². The van der Waals surface area contributed by atoms with Crippen LogP contribution in [0.3, 0.4) is 0 Å². The van der Waals surface area contributed by atoms with Crippen LogP contribution in [0.25, 0.3) is 0 Å². The number of carboxylic acids is 1. The van der Waals surface area contributed by atoms with Crippen LogP contribution >= 0.6 is 0 Å². The number of piperidine rings is 1. The van der Waals surface area contributed by atoms with E-state index < -0.39 is 11.4 Å². The molecule has 0 saturated carbocycles. The van der Waals surface area contributed by atoms with Gasteiger partial charge in [-0.3, -0.25) is 4.79 Å². The summed E-state index contributed by atoms with van der Waals surface area (Å²) in [5, 5.41) is 9.33. The number of carboxylic acid groups (broad SMARTS) is 1. The summed E-state index contributed by atoms with van der Waals surface area (Å²) in [7, 11) is 0. The van der Waals surface area contributed by atoms with Crippen molar-refractivity contribution in [2.75, 3.05) is 39.5 Å². The molecule has 2 aliphatic heterocycles. The van der Waals surface area contributed by atoms with Crippen molar-refractivity contribution in [2.24, 2.45) is 5.41 Å². The van der Waals surface area contributed by atoms with E-state index in [1.807, 2.05) is 6.92 Å². The highest BCUT2D eigenvalue weighted by Gasteiger charge is 2.40. The molecule has 5 heteroatoms. The van der Waals surface area contributed by atoms with Crippen LogP contribution in [0.15, 0.2) is 0 Å². The zero-order valence-electron chi connectivity index (χ0n) is 11.1. The first kappa shape index (κ1) is 13.8. The first-order valence-electron chi connectivity index (χ1n) is 6.81. The molecule has 0 aromatic carbocycles. The number of ether oxygens (including phenoxy) is 2. The molecule has 2 rings (SSSR count). The van der Waals surface area contributed by atoms with Crippen molar-refractivity contribution in [3.05, 3.63) is 0 Å². The third kappa shape index (κ3) is 3.02. The molecule has 2 aliphatic rings. The molecule has 18 heavy (non-hydrogen) atoms.